The van der Waals surface area contributed by atoms with Gasteiger partial charge in [-0.25, -0.2) is 4.98 Å². The summed E-state index contributed by atoms with van der Waals surface area (Å²) in [7, 11) is 2.19. The van der Waals surface area contributed by atoms with E-state index >= 15 is 0 Å². The number of benzene rings is 11. The van der Waals surface area contributed by atoms with Crippen LogP contribution in [-0.4, -0.2) is 23.3 Å². The average Bonchev–Trinajstić information content (AvgIpc) is 1.46. The van der Waals surface area contributed by atoms with Crippen molar-refractivity contribution >= 4 is 55.9 Å². The third-order valence-electron chi connectivity index (χ3n) is 19.3. The van der Waals surface area contributed by atoms with E-state index in [0.29, 0.717) is 6.67 Å². The van der Waals surface area contributed by atoms with E-state index in [4.69, 9.17) is 4.98 Å². The first-order chi connectivity index (χ1) is 42.8. The minimum atomic E-state index is -0.501. The van der Waals surface area contributed by atoms with E-state index in [9.17, 15) is 0 Å². The lowest BCUT2D eigenvalue weighted by atomic mass is 9.67. The van der Waals surface area contributed by atoms with Gasteiger partial charge in [-0.05, 0) is 161 Å². The number of hydrogen-bond donors (Lipinski definition) is 0. The molecule has 0 N–H and O–H groups in total. The smallest absolute Gasteiger partial charge is 0.137 e. The second kappa shape index (κ2) is 22.2. The predicted octanol–water partition coefficient (Wildman–Crippen LogP) is 20.6. The summed E-state index contributed by atoms with van der Waals surface area (Å²) in [5.41, 5.74) is 19.8. The highest BCUT2D eigenvalue weighted by Gasteiger charge is 2.39. The molecule has 1 aliphatic heterocycles. The number of anilines is 6. The number of hydrogen-bond acceptors (Lipinski definition) is 4. The summed E-state index contributed by atoms with van der Waals surface area (Å²) in [6.07, 6.45) is 1.97. The van der Waals surface area contributed by atoms with Crippen molar-refractivity contribution in [3.8, 4) is 5.82 Å². The van der Waals surface area contributed by atoms with Gasteiger partial charge in [0.2, 0.25) is 0 Å². The maximum atomic E-state index is 5.13. The predicted molar refractivity (Wildman–Crippen MR) is 369 cm³/mol. The number of nitrogens with zero attached hydrogens (tertiary/aromatic N) is 5. The largest absolute Gasteiger partial charge is 0.344 e. The molecular weight excluding hydrogens is 1070 g/mol. The first-order valence-electron chi connectivity index (χ1n) is 30.8. The molecule has 5 nitrogen and oxygen atoms in total. The maximum absolute atomic E-state index is 5.13. The van der Waals surface area contributed by atoms with E-state index in [0.717, 1.165) is 51.0 Å². The van der Waals surface area contributed by atoms with Crippen molar-refractivity contribution < 1.29 is 0 Å². The highest BCUT2D eigenvalue weighted by molar-refractivity contribution is 6.10. The molecule has 0 saturated carbocycles. The van der Waals surface area contributed by atoms with Crippen molar-refractivity contribution in [2.75, 3.05) is 28.4 Å². The topological polar surface area (TPSA) is 27.5 Å². The van der Waals surface area contributed by atoms with Crippen LogP contribution in [0.5, 0.6) is 0 Å². The van der Waals surface area contributed by atoms with E-state index in [1.165, 1.54) is 66.4 Å². The molecular formula is C83H73N5. The van der Waals surface area contributed by atoms with Gasteiger partial charge in [0, 0.05) is 63.0 Å². The molecule has 430 valence electrons. The zero-order valence-corrected chi connectivity index (χ0v) is 51.3. The van der Waals surface area contributed by atoms with Crippen molar-refractivity contribution in [2.24, 2.45) is 0 Å². The third kappa shape index (κ3) is 9.54. The summed E-state index contributed by atoms with van der Waals surface area (Å²) in [5.74, 6) is 0.903. The number of pyridine rings is 1. The van der Waals surface area contributed by atoms with Crippen molar-refractivity contribution in [1.82, 2.24) is 9.55 Å². The standard InChI is InChI=1S/C83H73N5/c1-80(2,3)65-49-50-84-79(55-65)88-75-48-45-66(81(4,59-29-14-8-15-30-59)60-31-16-9-17-32-60)54-74(75)73-47-46-70(57-78(73)88)85(7)69-41-28-42-71(56-69)86-58-87(77-44-27-26-43-76(77)86)72-52-67(82(5,61-33-18-10-19-34-61)62-35-20-11-21-36-62)51-68(53-72)83(6,63-37-22-12-23-38-63)64-39-24-13-25-40-64/h8-57H,58H2,1-7H3. The Balaban J connectivity index is 0.883. The lowest BCUT2D eigenvalue weighted by Crippen LogP contribution is -2.30. The highest BCUT2D eigenvalue weighted by Crippen LogP contribution is 2.51. The van der Waals surface area contributed by atoms with Crippen LogP contribution >= 0.6 is 0 Å². The molecule has 0 aliphatic carbocycles. The highest BCUT2D eigenvalue weighted by atomic mass is 15.4. The molecule has 3 heterocycles. The van der Waals surface area contributed by atoms with Crippen LogP contribution in [0, 0.1) is 0 Å². The van der Waals surface area contributed by atoms with Crippen molar-refractivity contribution in [2.45, 2.75) is 63.2 Å². The summed E-state index contributed by atoms with van der Waals surface area (Å²) < 4.78 is 2.38. The van der Waals surface area contributed by atoms with Crippen LogP contribution in [0.15, 0.2) is 303 Å². The molecule has 11 aromatic carbocycles. The van der Waals surface area contributed by atoms with Gasteiger partial charge in [0.1, 0.15) is 12.5 Å². The molecule has 0 atom stereocenters. The number of rotatable bonds is 14. The van der Waals surface area contributed by atoms with Crippen LogP contribution in [0.1, 0.15) is 97.2 Å². The molecule has 0 fully saturated rings. The number of aromatic nitrogens is 2. The molecule has 13 aromatic rings. The molecule has 0 radical (unpaired) electrons. The Labute approximate surface area is 519 Å². The second-order valence-corrected chi connectivity index (χ2v) is 25.3. The van der Waals surface area contributed by atoms with Crippen LogP contribution in [0.3, 0.4) is 0 Å². The van der Waals surface area contributed by atoms with Crippen molar-refractivity contribution in [1.29, 1.82) is 0 Å². The first kappa shape index (κ1) is 55.6. The van der Waals surface area contributed by atoms with Gasteiger partial charge >= 0.3 is 0 Å². The molecule has 0 saturated heterocycles. The van der Waals surface area contributed by atoms with Crippen molar-refractivity contribution in [3.63, 3.8) is 0 Å². The molecule has 0 spiro atoms. The summed E-state index contributed by atoms with van der Waals surface area (Å²) in [4.78, 5) is 12.5. The average molecular weight is 1140 g/mol. The van der Waals surface area contributed by atoms with Gasteiger partial charge in [0.15, 0.2) is 0 Å². The third-order valence-corrected chi connectivity index (χ3v) is 19.3. The summed E-state index contributed by atoms with van der Waals surface area (Å²) in [5, 5.41) is 2.37. The SMILES string of the molecule is CN(c1cccc(N2CN(c3cc(C(C)(c4ccccc4)c4ccccc4)cc(C(C)(c4ccccc4)c4ccccc4)c3)c3ccccc32)c1)c1ccc2c3cc(C(C)(c4ccccc4)c4ccccc4)ccc3n(-c3cc(C(C)(C)C)ccn3)c2c1. The molecule has 0 amide bonds. The van der Waals surface area contributed by atoms with Crippen LogP contribution in [0.2, 0.25) is 0 Å². The summed E-state index contributed by atoms with van der Waals surface area (Å²) >= 11 is 0. The molecule has 14 rings (SSSR count). The van der Waals surface area contributed by atoms with E-state index in [1.54, 1.807) is 0 Å². The normalized spacial score (nSPS) is 12.9. The van der Waals surface area contributed by atoms with Gasteiger partial charge in [0.25, 0.3) is 0 Å². The van der Waals surface area contributed by atoms with Gasteiger partial charge in [-0.3, -0.25) is 4.57 Å². The van der Waals surface area contributed by atoms with Gasteiger partial charge < -0.3 is 14.7 Å². The minimum Gasteiger partial charge on any atom is -0.344 e. The van der Waals surface area contributed by atoms with Crippen LogP contribution in [0.25, 0.3) is 27.6 Å². The summed E-state index contributed by atoms with van der Waals surface area (Å²) in [6.45, 7) is 14.6. The number of fused-ring (bicyclic) bond motifs is 4. The zero-order chi connectivity index (χ0) is 60.2. The van der Waals surface area contributed by atoms with E-state index in [-0.39, 0.29) is 5.41 Å². The van der Waals surface area contributed by atoms with E-state index in [2.05, 4.69) is 365 Å². The van der Waals surface area contributed by atoms with Crippen LogP contribution in [-0.2, 0) is 21.7 Å². The van der Waals surface area contributed by atoms with Gasteiger partial charge in [0.05, 0.1) is 22.4 Å². The fraction of sp³-hybridized carbons (Fsp3) is 0.145. The van der Waals surface area contributed by atoms with Gasteiger partial charge in [-0.15, -0.1) is 0 Å². The van der Waals surface area contributed by atoms with Crippen LogP contribution < -0.4 is 14.7 Å². The van der Waals surface area contributed by atoms with Gasteiger partial charge in [-0.2, -0.15) is 0 Å². The minimum absolute atomic E-state index is 0.0641. The maximum Gasteiger partial charge on any atom is 0.137 e. The monoisotopic (exact) mass is 1140 g/mol. The second-order valence-electron chi connectivity index (χ2n) is 25.3. The fourth-order valence-corrected chi connectivity index (χ4v) is 13.9. The molecule has 0 unspecified atom stereocenters. The lowest BCUT2D eigenvalue weighted by molar-refractivity contribution is 0.588. The molecule has 5 heteroatoms. The Morgan fingerprint density at radius 1 is 0.318 bits per heavy atom. The zero-order valence-electron chi connectivity index (χ0n) is 51.3. The number of para-hydroxylation sites is 2. The molecule has 2 aromatic heterocycles. The first-order valence-corrected chi connectivity index (χ1v) is 30.8. The van der Waals surface area contributed by atoms with Crippen LogP contribution in [0.4, 0.5) is 34.1 Å². The summed E-state index contributed by atoms with van der Waals surface area (Å²) in [6, 6.07) is 110. The molecule has 1 aliphatic rings. The van der Waals surface area contributed by atoms with E-state index in [1.807, 2.05) is 6.20 Å². The Morgan fingerprint density at radius 3 is 1.24 bits per heavy atom. The van der Waals surface area contributed by atoms with E-state index < -0.39 is 16.2 Å². The molecule has 88 heavy (non-hydrogen) atoms. The quantitative estimate of drug-likeness (QED) is 0.101. The Morgan fingerprint density at radius 2 is 0.761 bits per heavy atom. The Kier molecular flexibility index (Phi) is 14.1. The fourth-order valence-electron chi connectivity index (χ4n) is 13.9. The molecule has 0 bridgehead atoms. The Bertz CT molecular complexity index is 4400. The van der Waals surface area contributed by atoms with Crippen molar-refractivity contribution in [3.05, 3.63) is 359 Å². The van der Waals surface area contributed by atoms with Gasteiger partial charge in [-0.1, -0.05) is 239 Å². The Hall–Kier alpha value is -10.2. The lowest BCUT2D eigenvalue weighted by Gasteiger charge is -2.37.